The number of pyridine rings is 1. The molecule has 1 rings (SSSR count). The van der Waals surface area contributed by atoms with Gasteiger partial charge in [-0.25, -0.2) is 4.98 Å². The van der Waals surface area contributed by atoms with Crippen LogP contribution in [0, 0.1) is 17.2 Å². The summed E-state index contributed by atoms with van der Waals surface area (Å²) in [5.41, 5.74) is 0.880. The van der Waals surface area contributed by atoms with Crippen molar-refractivity contribution in [1.82, 2.24) is 10.3 Å². The number of hydrogen-bond acceptors (Lipinski definition) is 4. The smallest absolute Gasteiger partial charge is 0.237 e. The van der Waals surface area contributed by atoms with Crippen molar-refractivity contribution in [3.05, 3.63) is 23.9 Å². The SMILES string of the molecule is COc1cc(CNC(=O)C(C)C#N)ccn1. The van der Waals surface area contributed by atoms with Gasteiger partial charge in [-0.1, -0.05) is 0 Å². The maximum atomic E-state index is 11.3. The van der Waals surface area contributed by atoms with Crippen LogP contribution in [0.4, 0.5) is 0 Å². The minimum absolute atomic E-state index is 0.279. The number of rotatable bonds is 4. The van der Waals surface area contributed by atoms with Gasteiger partial charge in [-0.15, -0.1) is 0 Å². The Morgan fingerprint density at radius 1 is 1.75 bits per heavy atom. The molecule has 0 aliphatic carbocycles. The van der Waals surface area contributed by atoms with E-state index in [1.807, 2.05) is 6.07 Å². The van der Waals surface area contributed by atoms with Crippen molar-refractivity contribution in [2.75, 3.05) is 7.11 Å². The van der Waals surface area contributed by atoms with Crippen LogP contribution in [-0.2, 0) is 11.3 Å². The van der Waals surface area contributed by atoms with Gasteiger partial charge in [-0.3, -0.25) is 4.79 Å². The van der Waals surface area contributed by atoms with E-state index < -0.39 is 5.92 Å². The molecule has 1 unspecified atom stereocenters. The predicted octanol–water partition coefficient (Wildman–Crippen LogP) is 0.866. The molecule has 0 aliphatic rings. The zero-order chi connectivity index (χ0) is 12.0. The summed E-state index contributed by atoms with van der Waals surface area (Å²) in [6.07, 6.45) is 1.61. The zero-order valence-corrected chi connectivity index (χ0v) is 9.23. The molecule has 1 amide bonds. The van der Waals surface area contributed by atoms with Gasteiger partial charge in [0, 0.05) is 18.8 Å². The summed E-state index contributed by atoms with van der Waals surface area (Å²) in [5, 5.41) is 11.2. The number of nitriles is 1. The Hall–Kier alpha value is -2.09. The maximum absolute atomic E-state index is 11.3. The fourth-order valence-electron chi connectivity index (χ4n) is 1.07. The maximum Gasteiger partial charge on any atom is 0.237 e. The van der Waals surface area contributed by atoms with E-state index in [4.69, 9.17) is 10.00 Å². The summed E-state index contributed by atoms with van der Waals surface area (Å²) in [7, 11) is 1.53. The molecule has 0 spiro atoms. The first kappa shape index (κ1) is 12.0. The van der Waals surface area contributed by atoms with Gasteiger partial charge in [0.05, 0.1) is 13.2 Å². The first-order valence-corrected chi connectivity index (χ1v) is 4.83. The van der Waals surface area contributed by atoms with Crippen LogP contribution >= 0.6 is 0 Å². The first-order valence-electron chi connectivity index (χ1n) is 4.83. The number of nitrogens with zero attached hydrogens (tertiary/aromatic N) is 2. The third kappa shape index (κ3) is 3.24. The molecule has 0 bridgehead atoms. The molecule has 0 saturated heterocycles. The molecule has 0 radical (unpaired) electrons. The largest absolute Gasteiger partial charge is 0.481 e. The van der Waals surface area contributed by atoms with E-state index in [-0.39, 0.29) is 5.91 Å². The monoisotopic (exact) mass is 219 g/mol. The molecule has 1 atom stereocenters. The topological polar surface area (TPSA) is 75.0 Å². The molecule has 0 aromatic carbocycles. The quantitative estimate of drug-likeness (QED) is 0.815. The Morgan fingerprint density at radius 3 is 3.12 bits per heavy atom. The Bertz CT molecular complexity index is 412. The van der Waals surface area contributed by atoms with Crippen molar-refractivity contribution in [2.24, 2.45) is 5.92 Å². The molecule has 1 N–H and O–H groups in total. The van der Waals surface area contributed by atoms with E-state index in [1.54, 1.807) is 25.3 Å². The molecule has 1 aromatic heterocycles. The van der Waals surface area contributed by atoms with Gasteiger partial charge in [-0.05, 0) is 18.6 Å². The van der Waals surface area contributed by atoms with E-state index in [2.05, 4.69) is 10.3 Å². The number of nitrogens with one attached hydrogen (secondary N) is 1. The lowest BCUT2D eigenvalue weighted by Crippen LogP contribution is -2.27. The highest BCUT2D eigenvalue weighted by Crippen LogP contribution is 2.08. The Labute approximate surface area is 94.1 Å². The number of carbonyl (C=O) groups excluding carboxylic acids is 1. The van der Waals surface area contributed by atoms with Crippen LogP contribution in [0.15, 0.2) is 18.3 Å². The summed E-state index contributed by atoms with van der Waals surface area (Å²) in [4.78, 5) is 15.3. The summed E-state index contributed by atoms with van der Waals surface area (Å²) in [6, 6.07) is 5.39. The highest BCUT2D eigenvalue weighted by atomic mass is 16.5. The van der Waals surface area contributed by atoms with Crippen molar-refractivity contribution < 1.29 is 9.53 Å². The lowest BCUT2D eigenvalue weighted by molar-refractivity contribution is -0.123. The molecule has 0 saturated carbocycles. The molecule has 0 fully saturated rings. The fourth-order valence-corrected chi connectivity index (χ4v) is 1.07. The Balaban J connectivity index is 2.55. The Kier molecular flexibility index (Phi) is 4.28. The molecule has 0 aliphatic heterocycles. The van der Waals surface area contributed by atoms with Crippen molar-refractivity contribution in [2.45, 2.75) is 13.5 Å². The average molecular weight is 219 g/mol. The minimum Gasteiger partial charge on any atom is -0.481 e. The van der Waals surface area contributed by atoms with Gasteiger partial charge in [0.2, 0.25) is 11.8 Å². The predicted molar refractivity (Wildman–Crippen MR) is 57.4 cm³/mol. The summed E-state index contributed by atoms with van der Waals surface area (Å²) in [5.74, 6) is -0.415. The third-order valence-electron chi connectivity index (χ3n) is 2.06. The van der Waals surface area contributed by atoms with E-state index in [0.717, 1.165) is 5.56 Å². The molecule has 1 aromatic rings. The Morgan fingerprint density at radius 2 is 2.50 bits per heavy atom. The standard InChI is InChI=1S/C11H13N3O2/c1-8(6-12)11(15)14-7-9-3-4-13-10(5-9)16-2/h3-5,8H,7H2,1-2H3,(H,14,15). The van der Waals surface area contributed by atoms with Gasteiger partial charge in [0.15, 0.2) is 0 Å². The minimum atomic E-state index is -0.635. The van der Waals surface area contributed by atoms with Crippen molar-refractivity contribution in [3.63, 3.8) is 0 Å². The van der Waals surface area contributed by atoms with Gasteiger partial charge in [0.1, 0.15) is 5.92 Å². The summed E-state index contributed by atoms with van der Waals surface area (Å²) < 4.78 is 4.95. The molecular formula is C11H13N3O2. The molecule has 5 heteroatoms. The second-order valence-corrected chi connectivity index (χ2v) is 3.28. The van der Waals surface area contributed by atoms with E-state index >= 15 is 0 Å². The molecular weight excluding hydrogens is 206 g/mol. The molecule has 1 heterocycles. The van der Waals surface area contributed by atoms with Crippen molar-refractivity contribution in [1.29, 1.82) is 5.26 Å². The zero-order valence-electron chi connectivity index (χ0n) is 9.23. The van der Waals surface area contributed by atoms with Crippen molar-refractivity contribution >= 4 is 5.91 Å². The van der Waals surface area contributed by atoms with Gasteiger partial charge in [-0.2, -0.15) is 5.26 Å². The highest BCUT2D eigenvalue weighted by molar-refractivity contribution is 5.80. The van der Waals surface area contributed by atoms with Crippen molar-refractivity contribution in [3.8, 4) is 11.9 Å². The van der Waals surface area contributed by atoms with Crippen LogP contribution < -0.4 is 10.1 Å². The number of methoxy groups -OCH3 is 1. The van der Waals surface area contributed by atoms with E-state index in [1.165, 1.54) is 7.11 Å². The lowest BCUT2D eigenvalue weighted by Gasteiger charge is -2.06. The van der Waals surface area contributed by atoms with Gasteiger partial charge < -0.3 is 10.1 Å². The van der Waals surface area contributed by atoms with E-state index in [0.29, 0.717) is 12.4 Å². The molecule has 5 nitrogen and oxygen atoms in total. The average Bonchev–Trinajstić information content (AvgIpc) is 2.35. The summed E-state index contributed by atoms with van der Waals surface area (Å²) in [6.45, 7) is 1.92. The summed E-state index contributed by atoms with van der Waals surface area (Å²) >= 11 is 0. The number of amides is 1. The van der Waals surface area contributed by atoms with Crippen LogP contribution in [0.2, 0.25) is 0 Å². The van der Waals surface area contributed by atoms with E-state index in [9.17, 15) is 4.79 Å². The van der Waals surface area contributed by atoms with Crippen LogP contribution in [-0.4, -0.2) is 18.0 Å². The molecule has 16 heavy (non-hydrogen) atoms. The number of aromatic nitrogens is 1. The van der Waals surface area contributed by atoms with Crippen LogP contribution in [0.5, 0.6) is 5.88 Å². The third-order valence-corrected chi connectivity index (χ3v) is 2.06. The van der Waals surface area contributed by atoms with Gasteiger partial charge in [0.25, 0.3) is 0 Å². The highest BCUT2D eigenvalue weighted by Gasteiger charge is 2.10. The fraction of sp³-hybridized carbons (Fsp3) is 0.364. The first-order chi connectivity index (χ1) is 7.67. The van der Waals surface area contributed by atoms with Crippen LogP contribution in [0.25, 0.3) is 0 Å². The normalized spacial score (nSPS) is 11.3. The van der Waals surface area contributed by atoms with Crippen LogP contribution in [0.3, 0.4) is 0 Å². The lowest BCUT2D eigenvalue weighted by atomic mass is 10.2. The van der Waals surface area contributed by atoms with Crippen LogP contribution in [0.1, 0.15) is 12.5 Å². The number of ether oxygens (including phenoxy) is 1. The van der Waals surface area contributed by atoms with Gasteiger partial charge >= 0.3 is 0 Å². The number of carbonyl (C=O) groups is 1. The number of hydrogen-bond donors (Lipinski definition) is 1. The second kappa shape index (κ2) is 5.71. The molecule has 84 valence electrons. The second-order valence-electron chi connectivity index (χ2n) is 3.28.